The first-order chi connectivity index (χ1) is 13.9. The molecule has 1 N–H and O–H groups in total. The van der Waals surface area contributed by atoms with Crippen molar-refractivity contribution in [3.8, 4) is 0 Å². The smallest absolute Gasteiger partial charge is 0.243 e. The van der Waals surface area contributed by atoms with Gasteiger partial charge in [-0.05, 0) is 57.9 Å². The number of rotatable bonds is 7. The quantitative estimate of drug-likeness (QED) is 0.507. The first-order valence-electron chi connectivity index (χ1n) is 8.70. The van der Waals surface area contributed by atoms with Crippen LogP contribution in [0.5, 0.6) is 0 Å². The summed E-state index contributed by atoms with van der Waals surface area (Å²) in [5.74, 6) is -0.439. The Bertz CT molecular complexity index is 1090. The zero-order valence-electron chi connectivity index (χ0n) is 15.3. The first-order valence-corrected chi connectivity index (χ1v) is 11.3. The molecule has 0 radical (unpaired) electrons. The summed E-state index contributed by atoms with van der Waals surface area (Å²) < 4.78 is 28.3. The topological polar surface area (TPSA) is 66.5 Å². The number of carbonyl (C=O) groups excluding carboxylic acids is 1. The van der Waals surface area contributed by atoms with Gasteiger partial charge in [-0.2, -0.15) is 4.31 Å². The van der Waals surface area contributed by atoms with Gasteiger partial charge in [0.2, 0.25) is 15.9 Å². The average Bonchev–Trinajstić information content (AvgIpc) is 2.70. The van der Waals surface area contributed by atoms with Gasteiger partial charge < -0.3 is 5.32 Å². The molecule has 0 heterocycles. The van der Waals surface area contributed by atoms with Crippen molar-refractivity contribution in [3.05, 3.63) is 93.9 Å². The fourth-order valence-electron chi connectivity index (χ4n) is 2.68. The number of para-hydroxylation sites is 1. The van der Waals surface area contributed by atoms with Crippen molar-refractivity contribution >= 4 is 49.1 Å². The van der Waals surface area contributed by atoms with Crippen LogP contribution >= 0.6 is 27.5 Å². The minimum Gasteiger partial charge on any atom is -0.324 e. The summed E-state index contributed by atoms with van der Waals surface area (Å²) in [6, 6.07) is 22.1. The third-order valence-corrected chi connectivity index (χ3v) is 6.87. The molecule has 8 heteroatoms. The minimum atomic E-state index is -3.91. The lowest BCUT2D eigenvalue weighted by molar-refractivity contribution is -0.116. The summed E-state index contributed by atoms with van der Waals surface area (Å²) in [7, 11) is -3.91. The van der Waals surface area contributed by atoms with Gasteiger partial charge in [0.1, 0.15) is 0 Å². The van der Waals surface area contributed by atoms with Crippen molar-refractivity contribution in [1.82, 2.24) is 4.31 Å². The highest BCUT2D eigenvalue weighted by Crippen LogP contribution is 2.23. The van der Waals surface area contributed by atoms with Crippen LogP contribution in [0.1, 0.15) is 5.56 Å². The first kappa shape index (κ1) is 21.5. The fraction of sp³-hybridized carbons (Fsp3) is 0.0952. The molecule has 29 heavy (non-hydrogen) atoms. The highest BCUT2D eigenvalue weighted by Gasteiger charge is 2.27. The Kier molecular flexibility index (Phi) is 7.08. The molecule has 0 aliphatic heterocycles. The standard InChI is InChI=1S/C21H18BrClN2O3S/c22-19-8-4-5-9-20(19)24-21(26)15-25(14-16-6-2-1-3-7-16)29(27,28)18-12-10-17(23)11-13-18/h1-13H,14-15H2,(H,24,26). The van der Waals surface area contributed by atoms with Gasteiger partial charge in [-0.1, -0.05) is 54.1 Å². The lowest BCUT2D eigenvalue weighted by atomic mass is 10.2. The molecule has 0 aromatic heterocycles. The van der Waals surface area contributed by atoms with E-state index in [9.17, 15) is 13.2 Å². The number of halogens is 2. The normalized spacial score (nSPS) is 11.4. The van der Waals surface area contributed by atoms with E-state index >= 15 is 0 Å². The zero-order valence-corrected chi connectivity index (χ0v) is 18.4. The molecule has 0 bridgehead atoms. The molecular weight excluding hydrogens is 476 g/mol. The van der Waals surface area contributed by atoms with Crippen molar-refractivity contribution < 1.29 is 13.2 Å². The number of hydrogen-bond acceptors (Lipinski definition) is 3. The van der Waals surface area contributed by atoms with Crippen LogP contribution in [-0.2, 0) is 21.4 Å². The van der Waals surface area contributed by atoms with Crippen LogP contribution in [0, 0.1) is 0 Å². The van der Waals surface area contributed by atoms with Crippen LogP contribution in [0.3, 0.4) is 0 Å². The van der Waals surface area contributed by atoms with Crippen LogP contribution in [0.15, 0.2) is 88.2 Å². The monoisotopic (exact) mass is 492 g/mol. The summed E-state index contributed by atoms with van der Waals surface area (Å²) in [6.07, 6.45) is 0. The van der Waals surface area contributed by atoms with Gasteiger partial charge in [-0.25, -0.2) is 8.42 Å². The van der Waals surface area contributed by atoms with Gasteiger partial charge in [-0.3, -0.25) is 4.79 Å². The maximum Gasteiger partial charge on any atom is 0.243 e. The molecule has 150 valence electrons. The van der Waals surface area contributed by atoms with E-state index in [-0.39, 0.29) is 18.0 Å². The van der Waals surface area contributed by atoms with Crippen molar-refractivity contribution in [2.75, 3.05) is 11.9 Å². The highest BCUT2D eigenvalue weighted by atomic mass is 79.9. The molecule has 0 saturated carbocycles. The fourth-order valence-corrected chi connectivity index (χ4v) is 4.58. The van der Waals surface area contributed by atoms with E-state index in [2.05, 4.69) is 21.2 Å². The highest BCUT2D eigenvalue weighted by molar-refractivity contribution is 9.10. The molecule has 0 fully saturated rings. The van der Waals surface area contributed by atoms with Crippen molar-refractivity contribution in [3.63, 3.8) is 0 Å². The van der Waals surface area contributed by atoms with Crippen LogP contribution in [-0.4, -0.2) is 25.2 Å². The minimum absolute atomic E-state index is 0.0647. The van der Waals surface area contributed by atoms with E-state index in [1.54, 1.807) is 18.2 Å². The molecule has 0 saturated heterocycles. The van der Waals surface area contributed by atoms with Crippen molar-refractivity contribution in [2.24, 2.45) is 0 Å². The van der Waals surface area contributed by atoms with Crippen LogP contribution in [0.2, 0.25) is 5.02 Å². The maximum absolute atomic E-state index is 13.2. The number of nitrogens with zero attached hydrogens (tertiary/aromatic N) is 1. The summed E-state index contributed by atoms with van der Waals surface area (Å²) >= 11 is 9.25. The molecule has 0 spiro atoms. The number of hydrogen-bond donors (Lipinski definition) is 1. The van der Waals surface area contributed by atoms with E-state index < -0.39 is 15.9 Å². The van der Waals surface area contributed by atoms with Gasteiger partial charge in [0, 0.05) is 16.0 Å². The molecule has 1 amide bonds. The third-order valence-electron chi connectivity index (χ3n) is 4.12. The number of amides is 1. The molecule has 0 aliphatic rings. The number of carbonyl (C=O) groups is 1. The molecule has 3 rings (SSSR count). The second-order valence-corrected chi connectivity index (χ2v) is 9.47. The lowest BCUT2D eigenvalue weighted by Crippen LogP contribution is -2.37. The summed E-state index contributed by atoms with van der Waals surface area (Å²) in [5.41, 5.74) is 1.35. The Morgan fingerprint density at radius 1 is 0.931 bits per heavy atom. The molecule has 0 aliphatic carbocycles. The van der Waals surface area contributed by atoms with E-state index in [1.807, 2.05) is 36.4 Å². The number of anilines is 1. The Balaban J connectivity index is 1.87. The molecule has 3 aromatic rings. The Morgan fingerprint density at radius 2 is 1.55 bits per heavy atom. The van der Waals surface area contributed by atoms with Gasteiger partial charge in [0.25, 0.3) is 0 Å². The van der Waals surface area contributed by atoms with E-state index in [4.69, 9.17) is 11.6 Å². The summed E-state index contributed by atoms with van der Waals surface area (Å²) in [4.78, 5) is 12.7. The molecule has 0 atom stereocenters. The Morgan fingerprint density at radius 3 is 2.21 bits per heavy atom. The second-order valence-electron chi connectivity index (χ2n) is 6.24. The number of benzene rings is 3. The van der Waals surface area contributed by atoms with Crippen LogP contribution < -0.4 is 5.32 Å². The van der Waals surface area contributed by atoms with Crippen molar-refractivity contribution in [2.45, 2.75) is 11.4 Å². The van der Waals surface area contributed by atoms with Gasteiger partial charge in [-0.15, -0.1) is 0 Å². The summed E-state index contributed by atoms with van der Waals surface area (Å²) in [6.45, 7) is -0.267. The Labute approximate surface area is 183 Å². The largest absolute Gasteiger partial charge is 0.324 e. The number of sulfonamides is 1. The van der Waals surface area contributed by atoms with E-state index in [0.717, 1.165) is 9.87 Å². The second kappa shape index (κ2) is 9.54. The van der Waals surface area contributed by atoms with Gasteiger partial charge >= 0.3 is 0 Å². The SMILES string of the molecule is O=C(CN(Cc1ccccc1)S(=O)(=O)c1ccc(Cl)cc1)Nc1ccccc1Br. The molecular formula is C21H18BrClN2O3S. The van der Waals surface area contributed by atoms with Crippen LogP contribution in [0.25, 0.3) is 0 Å². The van der Waals surface area contributed by atoms with E-state index in [1.165, 1.54) is 24.3 Å². The average molecular weight is 494 g/mol. The molecule has 5 nitrogen and oxygen atoms in total. The third kappa shape index (κ3) is 5.67. The zero-order chi connectivity index (χ0) is 20.9. The predicted octanol–water partition coefficient (Wildman–Crippen LogP) is 4.93. The van der Waals surface area contributed by atoms with Crippen LogP contribution in [0.4, 0.5) is 5.69 Å². The maximum atomic E-state index is 13.2. The van der Waals surface area contributed by atoms with Gasteiger partial charge in [0.15, 0.2) is 0 Å². The summed E-state index contributed by atoms with van der Waals surface area (Å²) in [5, 5.41) is 3.18. The lowest BCUT2D eigenvalue weighted by Gasteiger charge is -2.22. The Hall–Kier alpha value is -2.19. The van der Waals surface area contributed by atoms with E-state index in [0.29, 0.717) is 15.2 Å². The molecule has 3 aromatic carbocycles. The molecule has 0 unspecified atom stereocenters. The number of nitrogens with one attached hydrogen (secondary N) is 1. The van der Waals surface area contributed by atoms with Gasteiger partial charge in [0.05, 0.1) is 17.1 Å². The predicted molar refractivity (Wildman–Crippen MR) is 118 cm³/mol. The van der Waals surface area contributed by atoms with Crippen molar-refractivity contribution in [1.29, 1.82) is 0 Å².